The topological polar surface area (TPSA) is 35.5 Å². The number of hydrogen-bond acceptors (Lipinski definition) is 3. The molecule has 29 heavy (non-hydrogen) atoms. The summed E-state index contributed by atoms with van der Waals surface area (Å²) >= 11 is 0. The molecule has 148 valence electrons. The molecule has 0 bridgehead atoms. The van der Waals surface area contributed by atoms with Gasteiger partial charge in [0.2, 0.25) is 0 Å². The molecular formula is C26H26O3. The Bertz CT molecular complexity index is 874. The van der Waals surface area contributed by atoms with Crippen LogP contribution in [0.15, 0.2) is 85.0 Å². The number of Topliss-reactive ketones (excluding diaryl/α,β-unsaturated/α-hetero) is 1. The van der Waals surface area contributed by atoms with Gasteiger partial charge in [0.05, 0.1) is 0 Å². The third-order valence-corrected chi connectivity index (χ3v) is 4.69. The Hall–Kier alpha value is -3.33. The number of ether oxygens (including phenoxy) is 2. The zero-order chi connectivity index (χ0) is 20.5. The molecule has 3 rings (SSSR count). The molecule has 0 saturated heterocycles. The standard InChI is InChI=1S/C26H26O3/c1-3-16-28-24-14-7-5-10-20(24)18-22-12-9-13-23(26(22)27)19-21-11-6-8-15-25(21)29-17-4-2/h3-8,10-11,14-15,18-19H,1-2,9,12-13,16-17H2. The smallest absolute Gasteiger partial charge is 0.185 e. The van der Waals surface area contributed by atoms with E-state index < -0.39 is 0 Å². The van der Waals surface area contributed by atoms with Crippen molar-refractivity contribution in [1.29, 1.82) is 0 Å². The molecule has 1 aliphatic carbocycles. The maximum absolute atomic E-state index is 13.1. The summed E-state index contributed by atoms with van der Waals surface area (Å²) in [6.45, 7) is 8.24. The van der Waals surface area contributed by atoms with Gasteiger partial charge in [-0.05, 0) is 43.5 Å². The lowest BCUT2D eigenvalue weighted by Gasteiger charge is -2.18. The minimum atomic E-state index is 0.0910. The van der Waals surface area contributed by atoms with Crippen LogP contribution in [0.1, 0.15) is 30.4 Å². The first kappa shape index (κ1) is 20.4. The summed E-state index contributed by atoms with van der Waals surface area (Å²) < 4.78 is 11.5. The van der Waals surface area contributed by atoms with E-state index in [-0.39, 0.29) is 5.78 Å². The first-order valence-corrected chi connectivity index (χ1v) is 9.84. The molecule has 0 unspecified atom stereocenters. The van der Waals surface area contributed by atoms with Crippen molar-refractivity contribution >= 4 is 17.9 Å². The van der Waals surface area contributed by atoms with Gasteiger partial charge in [0.1, 0.15) is 24.7 Å². The van der Waals surface area contributed by atoms with Crippen LogP contribution in [0.5, 0.6) is 11.5 Å². The van der Waals surface area contributed by atoms with E-state index in [1.165, 1.54) is 0 Å². The molecule has 0 aliphatic heterocycles. The quantitative estimate of drug-likeness (QED) is 0.410. The van der Waals surface area contributed by atoms with Gasteiger partial charge in [-0.3, -0.25) is 4.79 Å². The Labute approximate surface area is 172 Å². The molecule has 1 aliphatic rings. The number of hydrogen-bond donors (Lipinski definition) is 0. The van der Waals surface area contributed by atoms with E-state index in [0.717, 1.165) is 53.0 Å². The summed E-state index contributed by atoms with van der Waals surface area (Å²) in [5, 5.41) is 0. The second-order valence-electron chi connectivity index (χ2n) is 6.80. The molecule has 0 aromatic heterocycles. The van der Waals surface area contributed by atoms with Gasteiger partial charge < -0.3 is 9.47 Å². The number of para-hydroxylation sites is 2. The molecule has 0 amide bonds. The van der Waals surface area contributed by atoms with Crippen molar-refractivity contribution in [3.63, 3.8) is 0 Å². The number of carbonyl (C=O) groups excluding carboxylic acids is 1. The fourth-order valence-electron chi connectivity index (χ4n) is 3.31. The van der Waals surface area contributed by atoms with Crippen molar-refractivity contribution in [3.8, 4) is 11.5 Å². The molecule has 1 fully saturated rings. The number of carbonyl (C=O) groups is 1. The van der Waals surface area contributed by atoms with Gasteiger partial charge in [-0.2, -0.15) is 0 Å². The van der Waals surface area contributed by atoms with Crippen LogP contribution in [0.4, 0.5) is 0 Å². The molecule has 1 saturated carbocycles. The highest BCUT2D eigenvalue weighted by molar-refractivity contribution is 6.14. The maximum atomic E-state index is 13.1. The molecule has 0 heterocycles. The minimum Gasteiger partial charge on any atom is -0.489 e. The molecule has 2 aromatic rings. The van der Waals surface area contributed by atoms with Crippen molar-refractivity contribution in [1.82, 2.24) is 0 Å². The van der Waals surface area contributed by atoms with E-state index >= 15 is 0 Å². The molecule has 0 atom stereocenters. The summed E-state index contributed by atoms with van der Waals surface area (Å²) in [5.74, 6) is 1.60. The number of rotatable bonds is 8. The molecule has 2 aromatic carbocycles. The summed E-state index contributed by atoms with van der Waals surface area (Å²) in [4.78, 5) is 13.1. The Morgan fingerprint density at radius 3 is 1.66 bits per heavy atom. The van der Waals surface area contributed by atoms with Gasteiger partial charge in [-0.25, -0.2) is 0 Å². The Morgan fingerprint density at radius 2 is 1.21 bits per heavy atom. The fourth-order valence-corrected chi connectivity index (χ4v) is 3.31. The number of allylic oxidation sites excluding steroid dienone is 2. The van der Waals surface area contributed by atoms with Crippen LogP contribution in [-0.2, 0) is 4.79 Å². The largest absolute Gasteiger partial charge is 0.489 e. The second-order valence-corrected chi connectivity index (χ2v) is 6.80. The van der Waals surface area contributed by atoms with Gasteiger partial charge >= 0.3 is 0 Å². The zero-order valence-electron chi connectivity index (χ0n) is 16.6. The highest BCUT2D eigenvalue weighted by Crippen LogP contribution is 2.31. The average molecular weight is 386 g/mol. The van der Waals surface area contributed by atoms with Crippen LogP contribution in [0.25, 0.3) is 12.2 Å². The molecule has 0 spiro atoms. The lowest BCUT2D eigenvalue weighted by Crippen LogP contribution is -2.12. The van der Waals surface area contributed by atoms with Crippen molar-refractivity contribution in [3.05, 3.63) is 96.1 Å². The summed E-state index contributed by atoms with van der Waals surface area (Å²) in [6.07, 6.45) is 9.79. The average Bonchev–Trinajstić information content (AvgIpc) is 2.75. The predicted octanol–water partition coefficient (Wildman–Crippen LogP) is 6.04. The first-order valence-electron chi connectivity index (χ1n) is 9.84. The van der Waals surface area contributed by atoms with Crippen LogP contribution in [0.2, 0.25) is 0 Å². The van der Waals surface area contributed by atoms with Crippen LogP contribution in [-0.4, -0.2) is 19.0 Å². The molecule has 3 nitrogen and oxygen atoms in total. The van der Waals surface area contributed by atoms with Crippen molar-refractivity contribution in [2.24, 2.45) is 0 Å². The van der Waals surface area contributed by atoms with Gasteiger partial charge in [0.15, 0.2) is 5.78 Å². The van der Waals surface area contributed by atoms with Crippen molar-refractivity contribution < 1.29 is 14.3 Å². The number of benzene rings is 2. The fraction of sp³-hybridized carbons (Fsp3) is 0.192. The third-order valence-electron chi connectivity index (χ3n) is 4.69. The highest BCUT2D eigenvalue weighted by atomic mass is 16.5. The van der Waals surface area contributed by atoms with E-state index in [1.807, 2.05) is 60.7 Å². The maximum Gasteiger partial charge on any atom is 0.185 e. The lowest BCUT2D eigenvalue weighted by molar-refractivity contribution is -0.112. The van der Waals surface area contributed by atoms with Gasteiger partial charge in [0.25, 0.3) is 0 Å². The number of ketones is 1. The Morgan fingerprint density at radius 1 is 0.759 bits per heavy atom. The van der Waals surface area contributed by atoms with Crippen LogP contribution in [0, 0.1) is 0 Å². The lowest BCUT2D eigenvalue weighted by atomic mass is 9.86. The second kappa shape index (κ2) is 10.3. The first-order chi connectivity index (χ1) is 14.2. The van der Waals surface area contributed by atoms with E-state index in [9.17, 15) is 4.79 Å². The molecule has 0 N–H and O–H groups in total. The van der Waals surface area contributed by atoms with E-state index in [4.69, 9.17) is 9.47 Å². The third kappa shape index (κ3) is 5.35. The van der Waals surface area contributed by atoms with Crippen molar-refractivity contribution in [2.75, 3.05) is 13.2 Å². The Balaban J connectivity index is 1.88. The van der Waals surface area contributed by atoms with Crippen LogP contribution < -0.4 is 9.47 Å². The highest BCUT2D eigenvalue weighted by Gasteiger charge is 2.21. The van der Waals surface area contributed by atoms with Crippen LogP contribution >= 0.6 is 0 Å². The minimum absolute atomic E-state index is 0.0910. The summed E-state index contributed by atoms with van der Waals surface area (Å²) in [5.41, 5.74) is 3.44. The van der Waals surface area contributed by atoms with E-state index in [0.29, 0.717) is 13.2 Å². The monoisotopic (exact) mass is 386 g/mol. The van der Waals surface area contributed by atoms with Gasteiger partial charge in [-0.15, -0.1) is 0 Å². The van der Waals surface area contributed by atoms with Crippen LogP contribution in [0.3, 0.4) is 0 Å². The Kier molecular flexibility index (Phi) is 7.23. The zero-order valence-corrected chi connectivity index (χ0v) is 16.6. The summed E-state index contributed by atoms with van der Waals surface area (Å²) in [7, 11) is 0. The molecule has 0 radical (unpaired) electrons. The molecule has 3 heteroatoms. The molecular weight excluding hydrogens is 360 g/mol. The predicted molar refractivity (Wildman–Crippen MR) is 119 cm³/mol. The normalized spacial score (nSPS) is 16.6. The SMILES string of the molecule is C=CCOc1ccccc1C=C1CCCC(=Cc2ccccc2OCC=C)C1=O. The van der Waals surface area contributed by atoms with Crippen molar-refractivity contribution in [2.45, 2.75) is 19.3 Å². The summed E-state index contributed by atoms with van der Waals surface area (Å²) in [6, 6.07) is 15.5. The van der Waals surface area contributed by atoms with E-state index in [1.54, 1.807) is 12.2 Å². The van der Waals surface area contributed by atoms with Gasteiger partial charge in [-0.1, -0.05) is 61.7 Å². The van der Waals surface area contributed by atoms with E-state index in [2.05, 4.69) is 13.2 Å². The van der Waals surface area contributed by atoms with Gasteiger partial charge in [0, 0.05) is 22.3 Å².